The predicted molar refractivity (Wildman–Crippen MR) is 14.4 cm³/mol. The Hall–Kier alpha value is 3.42. The van der Waals surface area contributed by atoms with Crippen LogP contribution >= 0.6 is 0 Å². The SMILES string of the molecule is [Cr+5].[Cr+5].[Cr+5].[Cr+5].[Cr+5].[Cr+5].[Cr+5].[Cr+5].[O-2].[O-2].[O-2].[O-2].[O-2].[O-2].[O-2].[O-2].[O-2].[O-2].[O-2].[O-2].[O-2].[O-2].[O-2].[O-2].[O-2].[O-2].[O-2].[O-2].[O-2]. The summed E-state index contributed by atoms with van der Waals surface area (Å²) in [5.74, 6) is 0. The minimum absolute atomic E-state index is 0. The zero-order chi connectivity index (χ0) is 0. The van der Waals surface area contributed by atoms with Crippen LogP contribution in [0.3, 0.4) is 0 Å². The van der Waals surface area contributed by atoms with Crippen molar-refractivity contribution >= 4 is 0 Å². The van der Waals surface area contributed by atoms with Gasteiger partial charge in [0.2, 0.25) is 0 Å². The molecule has 0 rings (SSSR count). The van der Waals surface area contributed by atoms with E-state index in [0.29, 0.717) is 0 Å². The van der Waals surface area contributed by atoms with Crippen LogP contribution in [0.2, 0.25) is 0 Å². The van der Waals surface area contributed by atoms with E-state index in [0.717, 1.165) is 0 Å². The van der Waals surface area contributed by atoms with Gasteiger partial charge in [0, 0.05) is 0 Å². The van der Waals surface area contributed by atoms with Gasteiger partial charge in [0.25, 0.3) is 0 Å². The summed E-state index contributed by atoms with van der Waals surface area (Å²) in [5.41, 5.74) is 0. The summed E-state index contributed by atoms with van der Waals surface area (Å²) < 4.78 is 0. The number of rotatable bonds is 0. The second-order valence-corrected chi connectivity index (χ2v) is 0. The number of hydrogen-bond acceptors (Lipinski definition) is 0. The zero-order valence-electron chi connectivity index (χ0n) is 11.8. The van der Waals surface area contributed by atoms with Crippen LogP contribution in [0.15, 0.2) is 0 Å². The minimum Gasteiger partial charge on any atom is -2.00 e. The number of hydrogen-bond donors (Lipinski definition) is 0. The summed E-state index contributed by atoms with van der Waals surface area (Å²) in [6.45, 7) is 0. The Labute approximate surface area is 251 Å². The van der Waals surface area contributed by atoms with Gasteiger partial charge in [-0.05, 0) is 0 Å². The fourth-order valence-electron chi connectivity index (χ4n) is 0. The van der Waals surface area contributed by atoms with Crippen LogP contribution in [0.25, 0.3) is 0 Å². The maximum Gasteiger partial charge on any atom is 5.00 e. The smallest absolute Gasteiger partial charge is 2.00 e. The summed E-state index contributed by atoms with van der Waals surface area (Å²) in [7, 11) is 0. The van der Waals surface area contributed by atoms with Crippen LogP contribution in [-0.2, 0) is 254 Å². The quantitative estimate of drug-likeness (QED) is 0.247. The first-order chi connectivity index (χ1) is 0. The summed E-state index contributed by atoms with van der Waals surface area (Å²) >= 11 is 0. The van der Waals surface area contributed by atoms with Crippen molar-refractivity contribution in [1.82, 2.24) is 0 Å². The van der Waals surface area contributed by atoms with E-state index < -0.39 is 0 Å². The molecule has 21 nitrogen and oxygen atoms in total. The van der Waals surface area contributed by atoms with E-state index >= 15 is 0 Å². The molecule has 8 radical (unpaired) electrons. The molecule has 0 saturated heterocycles. The minimum atomic E-state index is 0. The third-order valence-electron chi connectivity index (χ3n) is 0. The third-order valence-corrected chi connectivity index (χ3v) is 0. The third kappa shape index (κ3) is 2330. The van der Waals surface area contributed by atoms with Crippen molar-refractivity contribution in [3.63, 3.8) is 0 Å². The zero-order valence-corrected chi connectivity index (χ0v) is 22.0. The van der Waals surface area contributed by atoms with Crippen LogP contribution < -0.4 is 0 Å². The van der Waals surface area contributed by atoms with E-state index in [9.17, 15) is 0 Å². The summed E-state index contributed by atoms with van der Waals surface area (Å²) in [5, 5.41) is 0. The van der Waals surface area contributed by atoms with E-state index in [4.69, 9.17) is 0 Å². The molecular formula is Cr8O21-2. The molecular weight excluding hydrogens is 752 g/mol. The molecule has 0 aromatic rings. The molecule has 0 fully saturated rings. The average Bonchev–Trinajstić information content (AvgIpc) is 0. The monoisotopic (exact) mass is 751 g/mol. The molecule has 0 aromatic heterocycles. The molecule has 0 bridgehead atoms. The van der Waals surface area contributed by atoms with Crippen LogP contribution in [0, 0.1) is 0 Å². The molecule has 0 aliphatic carbocycles. The van der Waals surface area contributed by atoms with Crippen LogP contribution in [0.1, 0.15) is 0 Å². The molecule has 0 amide bonds. The standard InChI is InChI=1S/8Cr.21O/q8*+5;21*-2. The van der Waals surface area contributed by atoms with Gasteiger partial charge in [-0.1, -0.05) is 0 Å². The molecule has 0 aliphatic rings. The topological polar surface area (TPSA) is 598 Å². The fourth-order valence-corrected chi connectivity index (χ4v) is 0. The van der Waals surface area contributed by atoms with Gasteiger partial charge in [0.05, 0.1) is 0 Å². The van der Waals surface area contributed by atoms with Gasteiger partial charge < -0.3 is 115 Å². The largest absolute Gasteiger partial charge is 5.00 e. The first-order valence-electron chi connectivity index (χ1n) is 0. The van der Waals surface area contributed by atoms with Gasteiger partial charge >= 0.3 is 139 Å². The maximum atomic E-state index is 0. The Balaban J connectivity index is 0. The summed E-state index contributed by atoms with van der Waals surface area (Å²) in [4.78, 5) is 0. The molecule has 0 aliphatic heterocycles. The Morgan fingerprint density at radius 1 is 0.0690 bits per heavy atom. The normalized spacial score (nSPS) is 0. The van der Waals surface area contributed by atoms with Crippen molar-refractivity contribution in [3.8, 4) is 0 Å². The van der Waals surface area contributed by atoms with Crippen LogP contribution in [0.4, 0.5) is 0 Å². The predicted octanol–water partition coefficient (Wildman–Crippen LogP) is -2.51. The second kappa shape index (κ2) is 2490. The molecule has 0 N–H and O–H groups in total. The molecule has 176 valence electrons. The Bertz CT molecular complexity index is 24.6. The average molecular weight is 752 g/mol. The van der Waals surface area contributed by atoms with Gasteiger partial charge in [-0.2, -0.15) is 0 Å². The van der Waals surface area contributed by atoms with Crippen molar-refractivity contribution in [2.24, 2.45) is 0 Å². The van der Waals surface area contributed by atoms with Crippen LogP contribution in [-0.4, -0.2) is 0 Å². The van der Waals surface area contributed by atoms with E-state index in [2.05, 4.69) is 0 Å². The molecule has 0 heterocycles. The van der Waals surface area contributed by atoms with Gasteiger partial charge in [-0.25, -0.2) is 0 Å². The van der Waals surface area contributed by atoms with Crippen molar-refractivity contribution in [2.75, 3.05) is 0 Å². The fraction of sp³-hybridized carbons (Fsp3) is 0. The Morgan fingerprint density at radius 2 is 0.0690 bits per heavy atom. The second-order valence-electron chi connectivity index (χ2n) is 0. The Kier molecular flexibility index (Phi) is 235000. The van der Waals surface area contributed by atoms with Gasteiger partial charge in [-0.3, -0.25) is 0 Å². The molecule has 0 spiro atoms. The first kappa shape index (κ1) is 2740. The van der Waals surface area contributed by atoms with Gasteiger partial charge in [0.1, 0.15) is 0 Å². The molecule has 0 aromatic carbocycles. The van der Waals surface area contributed by atoms with E-state index in [1.165, 1.54) is 0 Å². The molecule has 29 heavy (non-hydrogen) atoms. The Morgan fingerprint density at radius 3 is 0.0690 bits per heavy atom. The van der Waals surface area contributed by atoms with Crippen LogP contribution in [0.5, 0.6) is 0 Å². The molecule has 0 atom stereocenters. The van der Waals surface area contributed by atoms with Crippen molar-refractivity contribution in [3.05, 3.63) is 0 Å². The summed E-state index contributed by atoms with van der Waals surface area (Å²) in [6.07, 6.45) is 0. The van der Waals surface area contributed by atoms with Gasteiger partial charge in [-0.15, -0.1) is 0 Å². The van der Waals surface area contributed by atoms with E-state index in [1.807, 2.05) is 0 Å². The van der Waals surface area contributed by atoms with E-state index in [1.54, 1.807) is 0 Å². The van der Waals surface area contributed by atoms with Crippen molar-refractivity contribution < 1.29 is 254 Å². The molecule has 29 heteroatoms. The molecule has 0 unspecified atom stereocenters. The first-order valence-corrected chi connectivity index (χ1v) is 0. The summed E-state index contributed by atoms with van der Waals surface area (Å²) in [6, 6.07) is 0. The molecule has 0 saturated carbocycles. The van der Waals surface area contributed by atoms with Crippen molar-refractivity contribution in [1.29, 1.82) is 0 Å². The maximum absolute atomic E-state index is 0. The van der Waals surface area contributed by atoms with Gasteiger partial charge in [0.15, 0.2) is 0 Å². The van der Waals surface area contributed by atoms with E-state index in [-0.39, 0.29) is 254 Å². The van der Waals surface area contributed by atoms with Crippen molar-refractivity contribution in [2.45, 2.75) is 0 Å².